The summed E-state index contributed by atoms with van der Waals surface area (Å²) >= 11 is 1.45. The molecule has 19 heavy (non-hydrogen) atoms. The molecule has 0 saturated carbocycles. The lowest BCUT2D eigenvalue weighted by Crippen LogP contribution is -2.43. The molecule has 0 radical (unpaired) electrons. The summed E-state index contributed by atoms with van der Waals surface area (Å²) in [6.45, 7) is 4.22. The Morgan fingerprint density at radius 2 is 2.16 bits per heavy atom. The Kier molecular flexibility index (Phi) is 5.98. The van der Waals surface area contributed by atoms with Crippen LogP contribution in [0.4, 0.5) is 0 Å². The van der Waals surface area contributed by atoms with E-state index in [2.05, 4.69) is 0 Å². The second-order valence-electron chi connectivity index (χ2n) is 4.62. The van der Waals surface area contributed by atoms with Crippen LogP contribution in [0.3, 0.4) is 0 Å². The summed E-state index contributed by atoms with van der Waals surface area (Å²) in [6, 6.07) is 3.04. The molecular formula is C13H20N2O3S. The van der Waals surface area contributed by atoms with Gasteiger partial charge in [0.25, 0.3) is 0 Å². The van der Waals surface area contributed by atoms with E-state index < -0.39 is 12.0 Å². The highest BCUT2D eigenvalue weighted by Crippen LogP contribution is 2.20. The predicted molar refractivity (Wildman–Crippen MR) is 75.0 cm³/mol. The molecule has 0 aromatic carbocycles. The maximum Gasteiger partial charge on any atom is 0.303 e. The van der Waals surface area contributed by atoms with Crippen molar-refractivity contribution in [2.45, 2.75) is 38.8 Å². The van der Waals surface area contributed by atoms with Crippen molar-refractivity contribution < 1.29 is 14.7 Å². The Labute approximate surface area is 117 Å². The van der Waals surface area contributed by atoms with Crippen molar-refractivity contribution in [1.29, 1.82) is 0 Å². The minimum absolute atomic E-state index is 0.00677. The molecule has 1 amide bonds. The average molecular weight is 284 g/mol. The van der Waals surface area contributed by atoms with Gasteiger partial charge >= 0.3 is 5.97 Å². The fraction of sp³-hybridized carbons (Fsp3) is 0.538. The summed E-state index contributed by atoms with van der Waals surface area (Å²) in [6.07, 6.45) is 0.501. The van der Waals surface area contributed by atoms with Crippen LogP contribution in [0.2, 0.25) is 0 Å². The molecule has 1 atom stereocenters. The molecule has 6 heteroatoms. The van der Waals surface area contributed by atoms with Gasteiger partial charge in [-0.1, -0.05) is 6.07 Å². The molecule has 1 aromatic rings. The van der Waals surface area contributed by atoms with Gasteiger partial charge in [0.1, 0.15) is 6.04 Å². The molecule has 0 aliphatic heterocycles. The number of hydrogen-bond donors (Lipinski definition) is 2. The first-order valence-corrected chi connectivity index (χ1v) is 7.12. The van der Waals surface area contributed by atoms with Gasteiger partial charge in [0, 0.05) is 23.9 Å². The molecule has 1 rings (SSSR count). The van der Waals surface area contributed by atoms with Crippen molar-refractivity contribution in [1.82, 2.24) is 4.90 Å². The van der Waals surface area contributed by atoms with Crippen molar-refractivity contribution in [3.8, 4) is 0 Å². The van der Waals surface area contributed by atoms with Gasteiger partial charge in [-0.2, -0.15) is 0 Å². The summed E-state index contributed by atoms with van der Waals surface area (Å²) in [4.78, 5) is 25.3. The Bertz CT molecular complexity index is 418. The van der Waals surface area contributed by atoms with Crippen LogP contribution in [0.1, 0.15) is 37.6 Å². The Morgan fingerprint density at radius 3 is 2.63 bits per heavy atom. The Morgan fingerprint density at radius 1 is 1.47 bits per heavy atom. The lowest BCUT2D eigenvalue weighted by molar-refractivity contribution is -0.139. The predicted octanol–water partition coefficient (Wildman–Crippen LogP) is 1.85. The molecule has 0 aliphatic rings. The molecule has 0 bridgehead atoms. The molecule has 1 aromatic heterocycles. The quantitative estimate of drug-likeness (QED) is 0.800. The molecule has 0 saturated heterocycles. The number of carboxylic acids is 1. The van der Waals surface area contributed by atoms with Crippen molar-refractivity contribution >= 4 is 23.2 Å². The smallest absolute Gasteiger partial charge is 0.303 e. The zero-order valence-corrected chi connectivity index (χ0v) is 12.0. The maximum absolute atomic E-state index is 12.3. The highest BCUT2D eigenvalue weighted by molar-refractivity contribution is 7.10. The van der Waals surface area contributed by atoms with Crippen LogP contribution in [-0.2, 0) is 9.59 Å². The van der Waals surface area contributed by atoms with Crippen molar-refractivity contribution in [3.63, 3.8) is 0 Å². The second-order valence-corrected chi connectivity index (χ2v) is 5.60. The van der Waals surface area contributed by atoms with Crippen molar-refractivity contribution in [2.24, 2.45) is 5.73 Å². The van der Waals surface area contributed by atoms with E-state index in [0.717, 1.165) is 4.88 Å². The number of nitrogens with zero attached hydrogens (tertiary/aromatic N) is 1. The van der Waals surface area contributed by atoms with E-state index in [9.17, 15) is 9.59 Å². The molecule has 0 fully saturated rings. The number of hydrogen-bond acceptors (Lipinski definition) is 4. The standard InChI is InChI=1S/C13H20N2O3S/c1-9(2)15(7-3-6-11(16)17)13(18)12(14)10-5-4-8-19-10/h4-5,8-9,12H,3,6-7,14H2,1-2H3,(H,16,17). The molecule has 5 nitrogen and oxygen atoms in total. The normalized spacial score (nSPS) is 12.4. The second kappa shape index (κ2) is 7.25. The van der Waals surface area contributed by atoms with Crippen LogP contribution >= 0.6 is 11.3 Å². The zero-order valence-electron chi connectivity index (χ0n) is 11.2. The van der Waals surface area contributed by atoms with Gasteiger partial charge in [-0.25, -0.2) is 0 Å². The molecule has 1 heterocycles. The first kappa shape index (κ1) is 15.7. The molecule has 0 spiro atoms. The van der Waals surface area contributed by atoms with E-state index in [1.165, 1.54) is 11.3 Å². The fourth-order valence-corrected chi connectivity index (χ4v) is 2.51. The van der Waals surface area contributed by atoms with Gasteiger partial charge in [-0.05, 0) is 31.7 Å². The van der Waals surface area contributed by atoms with Crippen LogP contribution < -0.4 is 5.73 Å². The summed E-state index contributed by atoms with van der Waals surface area (Å²) in [5.74, 6) is -0.999. The fourth-order valence-electron chi connectivity index (χ4n) is 1.79. The number of amides is 1. The lowest BCUT2D eigenvalue weighted by atomic mass is 10.1. The third-order valence-electron chi connectivity index (χ3n) is 2.81. The van der Waals surface area contributed by atoms with E-state index >= 15 is 0 Å². The summed E-state index contributed by atoms with van der Waals surface area (Å²) in [5.41, 5.74) is 5.96. The maximum atomic E-state index is 12.3. The number of carbonyl (C=O) groups excluding carboxylic acids is 1. The molecule has 1 unspecified atom stereocenters. The molecule has 3 N–H and O–H groups in total. The SMILES string of the molecule is CC(C)N(CCCC(=O)O)C(=O)C(N)c1cccs1. The lowest BCUT2D eigenvalue weighted by Gasteiger charge is -2.29. The van der Waals surface area contributed by atoms with E-state index in [-0.39, 0.29) is 18.4 Å². The van der Waals surface area contributed by atoms with Gasteiger partial charge in [0.05, 0.1) is 0 Å². The monoisotopic (exact) mass is 284 g/mol. The van der Waals surface area contributed by atoms with Crippen LogP contribution in [-0.4, -0.2) is 34.5 Å². The Hall–Kier alpha value is -1.40. The van der Waals surface area contributed by atoms with E-state index in [4.69, 9.17) is 10.8 Å². The summed E-state index contributed by atoms with van der Waals surface area (Å²) in [5, 5.41) is 10.5. The number of carboxylic acid groups (broad SMARTS) is 1. The number of rotatable bonds is 7. The van der Waals surface area contributed by atoms with Crippen molar-refractivity contribution in [2.75, 3.05) is 6.54 Å². The molecular weight excluding hydrogens is 264 g/mol. The average Bonchev–Trinajstić information content (AvgIpc) is 2.85. The number of carbonyl (C=O) groups is 2. The van der Waals surface area contributed by atoms with Crippen LogP contribution in [0.5, 0.6) is 0 Å². The van der Waals surface area contributed by atoms with E-state index in [1.54, 1.807) is 4.90 Å². The third-order valence-corrected chi connectivity index (χ3v) is 3.77. The first-order valence-electron chi connectivity index (χ1n) is 6.24. The van der Waals surface area contributed by atoms with Crippen LogP contribution in [0.25, 0.3) is 0 Å². The number of nitrogens with two attached hydrogens (primary N) is 1. The number of thiophene rings is 1. The minimum atomic E-state index is -0.848. The topological polar surface area (TPSA) is 83.6 Å². The van der Waals surface area contributed by atoms with Crippen LogP contribution in [0.15, 0.2) is 17.5 Å². The highest BCUT2D eigenvalue weighted by atomic mass is 32.1. The van der Waals surface area contributed by atoms with Crippen molar-refractivity contribution in [3.05, 3.63) is 22.4 Å². The van der Waals surface area contributed by atoms with Gasteiger partial charge in [-0.15, -0.1) is 11.3 Å². The number of aliphatic carboxylic acids is 1. The third kappa shape index (κ3) is 4.65. The minimum Gasteiger partial charge on any atom is -0.481 e. The van der Waals surface area contributed by atoms with Gasteiger partial charge in [-0.3, -0.25) is 9.59 Å². The van der Waals surface area contributed by atoms with Crippen LogP contribution in [0, 0.1) is 0 Å². The van der Waals surface area contributed by atoms with Gasteiger partial charge in [0.15, 0.2) is 0 Å². The van der Waals surface area contributed by atoms with Gasteiger partial charge < -0.3 is 15.7 Å². The highest BCUT2D eigenvalue weighted by Gasteiger charge is 2.24. The van der Waals surface area contributed by atoms with Gasteiger partial charge in [0.2, 0.25) is 5.91 Å². The molecule has 106 valence electrons. The summed E-state index contributed by atoms with van der Waals surface area (Å²) in [7, 11) is 0. The van der Waals surface area contributed by atoms with E-state index in [0.29, 0.717) is 13.0 Å². The summed E-state index contributed by atoms with van der Waals surface area (Å²) < 4.78 is 0. The zero-order chi connectivity index (χ0) is 14.4. The largest absolute Gasteiger partial charge is 0.481 e. The van der Waals surface area contributed by atoms with E-state index in [1.807, 2.05) is 31.4 Å². The molecule has 0 aliphatic carbocycles. The Balaban J connectivity index is 2.65. The first-order chi connectivity index (χ1) is 8.93.